The van der Waals surface area contributed by atoms with Crippen molar-refractivity contribution >= 4 is 17.5 Å². The zero-order valence-electron chi connectivity index (χ0n) is 16.2. The highest BCUT2D eigenvalue weighted by atomic mass is 16.5. The van der Waals surface area contributed by atoms with Crippen LogP contribution in [-0.2, 0) is 6.54 Å². The summed E-state index contributed by atoms with van der Waals surface area (Å²) in [6, 6.07) is 28.2. The fraction of sp³-hybridized carbons (Fsp3) is 0.0417. The number of benzene rings is 3. The molecule has 0 atom stereocenters. The molecule has 0 saturated heterocycles. The molecule has 4 aromatic rings. The molecule has 30 heavy (non-hydrogen) atoms. The molecule has 0 unspecified atom stereocenters. The Morgan fingerprint density at radius 2 is 1.53 bits per heavy atom. The zero-order chi connectivity index (χ0) is 20.6. The zero-order valence-corrected chi connectivity index (χ0v) is 16.2. The van der Waals surface area contributed by atoms with E-state index in [9.17, 15) is 4.79 Å². The third kappa shape index (κ3) is 4.99. The minimum absolute atomic E-state index is 0.259. The van der Waals surface area contributed by atoms with Crippen molar-refractivity contribution in [2.24, 2.45) is 0 Å². The smallest absolute Gasteiger partial charge is 0.274 e. The van der Waals surface area contributed by atoms with E-state index in [-0.39, 0.29) is 11.6 Å². The number of amides is 1. The molecule has 148 valence electrons. The third-order valence-electron chi connectivity index (χ3n) is 4.29. The van der Waals surface area contributed by atoms with Crippen molar-refractivity contribution in [3.8, 4) is 11.5 Å². The Morgan fingerprint density at radius 1 is 0.833 bits per heavy atom. The molecule has 0 saturated carbocycles. The van der Waals surface area contributed by atoms with Gasteiger partial charge in [0.2, 0.25) is 5.95 Å². The predicted molar refractivity (Wildman–Crippen MR) is 117 cm³/mol. The van der Waals surface area contributed by atoms with Crippen molar-refractivity contribution in [1.29, 1.82) is 0 Å². The average molecular weight is 396 g/mol. The van der Waals surface area contributed by atoms with Gasteiger partial charge in [0.1, 0.15) is 11.4 Å². The average Bonchev–Trinajstić information content (AvgIpc) is 2.80. The number of nitrogens with zero attached hydrogens (tertiary/aromatic N) is 2. The van der Waals surface area contributed by atoms with Crippen LogP contribution in [0.25, 0.3) is 0 Å². The van der Waals surface area contributed by atoms with Crippen LogP contribution in [0.5, 0.6) is 11.5 Å². The first-order valence-corrected chi connectivity index (χ1v) is 9.52. The van der Waals surface area contributed by atoms with Gasteiger partial charge in [-0.05, 0) is 35.9 Å². The topological polar surface area (TPSA) is 76.1 Å². The lowest BCUT2D eigenvalue weighted by atomic mass is 10.2. The highest BCUT2D eigenvalue weighted by Crippen LogP contribution is 2.29. The number of rotatable bonds is 7. The summed E-state index contributed by atoms with van der Waals surface area (Å²) in [6.45, 7) is 0.569. The summed E-state index contributed by atoms with van der Waals surface area (Å²) in [5, 5.41) is 6.00. The van der Waals surface area contributed by atoms with Gasteiger partial charge in [0.15, 0.2) is 5.75 Å². The minimum atomic E-state index is -0.343. The lowest BCUT2D eigenvalue weighted by Gasteiger charge is -2.12. The van der Waals surface area contributed by atoms with E-state index < -0.39 is 0 Å². The summed E-state index contributed by atoms with van der Waals surface area (Å²) in [6.07, 6.45) is 1.56. The first kappa shape index (κ1) is 19.1. The van der Waals surface area contributed by atoms with Crippen LogP contribution in [0.4, 0.5) is 11.6 Å². The molecule has 0 bridgehead atoms. The molecule has 1 aromatic heterocycles. The van der Waals surface area contributed by atoms with Gasteiger partial charge >= 0.3 is 0 Å². The van der Waals surface area contributed by atoms with Gasteiger partial charge in [-0.15, -0.1) is 0 Å². The van der Waals surface area contributed by atoms with E-state index in [1.165, 1.54) is 0 Å². The Morgan fingerprint density at radius 3 is 2.33 bits per heavy atom. The fourth-order valence-electron chi connectivity index (χ4n) is 2.81. The summed E-state index contributed by atoms with van der Waals surface area (Å²) in [7, 11) is 0. The molecule has 0 fully saturated rings. The number of ether oxygens (including phenoxy) is 1. The van der Waals surface area contributed by atoms with Crippen molar-refractivity contribution in [2.75, 3.05) is 10.6 Å². The summed E-state index contributed by atoms with van der Waals surface area (Å²) in [5.74, 6) is 1.28. The Balaban J connectivity index is 1.45. The second-order valence-corrected chi connectivity index (χ2v) is 6.47. The van der Waals surface area contributed by atoms with E-state index in [2.05, 4.69) is 20.6 Å². The Labute approximate surface area is 174 Å². The van der Waals surface area contributed by atoms with Crippen LogP contribution in [0.2, 0.25) is 0 Å². The van der Waals surface area contributed by atoms with Crippen molar-refractivity contribution in [3.05, 3.63) is 108 Å². The summed E-state index contributed by atoms with van der Waals surface area (Å²) in [4.78, 5) is 21.3. The highest BCUT2D eigenvalue weighted by Gasteiger charge is 2.12. The Hall–Kier alpha value is -4.19. The van der Waals surface area contributed by atoms with Gasteiger partial charge in [-0.1, -0.05) is 60.7 Å². The number of para-hydroxylation sites is 3. The SMILES string of the molecule is O=C(Nc1ccccc1Oc1ccccc1)c1ccnc(NCc2ccccc2)n1. The number of carbonyl (C=O) groups excluding carboxylic acids is 1. The molecule has 3 aromatic carbocycles. The predicted octanol–water partition coefficient (Wildman–Crippen LogP) is 5.13. The van der Waals surface area contributed by atoms with Crippen LogP contribution >= 0.6 is 0 Å². The largest absolute Gasteiger partial charge is 0.455 e. The van der Waals surface area contributed by atoms with E-state index >= 15 is 0 Å². The lowest BCUT2D eigenvalue weighted by Crippen LogP contribution is -2.15. The van der Waals surface area contributed by atoms with Gasteiger partial charge in [0, 0.05) is 12.7 Å². The molecule has 0 aliphatic rings. The lowest BCUT2D eigenvalue weighted by molar-refractivity contribution is 0.102. The molecule has 0 radical (unpaired) electrons. The van der Waals surface area contributed by atoms with Gasteiger partial charge < -0.3 is 15.4 Å². The monoisotopic (exact) mass is 396 g/mol. The molecule has 1 heterocycles. The number of hydrogen-bond acceptors (Lipinski definition) is 5. The standard InChI is InChI=1S/C24H20N4O2/c29-23(21-15-16-25-24(28-21)26-17-18-9-3-1-4-10-18)27-20-13-7-8-14-22(20)30-19-11-5-2-6-12-19/h1-16H,17H2,(H,27,29)(H,25,26,28). The molecule has 6 nitrogen and oxygen atoms in total. The minimum Gasteiger partial charge on any atom is -0.455 e. The maximum atomic E-state index is 12.8. The fourth-order valence-corrected chi connectivity index (χ4v) is 2.81. The van der Waals surface area contributed by atoms with Gasteiger partial charge in [0.05, 0.1) is 5.69 Å². The van der Waals surface area contributed by atoms with Gasteiger partial charge in [-0.25, -0.2) is 9.97 Å². The molecule has 6 heteroatoms. The van der Waals surface area contributed by atoms with Gasteiger partial charge in [0.25, 0.3) is 5.91 Å². The Bertz CT molecular complexity index is 1120. The quantitative estimate of drug-likeness (QED) is 0.453. The summed E-state index contributed by atoms with van der Waals surface area (Å²) in [5.41, 5.74) is 1.92. The van der Waals surface area contributed by atoms with Crippen molar-refractivity contribution in [3.63, 3.8) is 0 Å². The van der Waals surface area contributed by atoms with E-state index in [1.54, 1.807) is 24.4 Å². The number of nitrogens with one attached hydrogen (secondary N) is 2. The maximum Gasteiger partial charge on any atom is 0.274 e. The van der Waals surface area contributed by atoms with Crippen LogP contribution in [-0.4, -0.2) is 15.9 Å². The first-order chi connectivity index (χ1) is 14.8. The molecular formula is C24H20N4O2. The van der Waals surface area contributed by atoms with Crippen LogP contribution in [0, 0.1) is 0 Å². The maximum absolute atomic E-state index is 12.8. The third-order valence-corrected chi connectivity index (χ3v) is 4.29. The Kier molecular flexibility index (Phi) is 5.96. The van der Waals surface area contributed by atoms with Gasteiger partial charge in [-0.2, -0.15) is 0 Å². The first-order valence-electron chi connectivity index (χ1n) is 9.52. The van der Waals surface area contributed by atoms with E-state index in [0.29, 0.717) is 29.7 Å². The van der Waals surface area contributed by atoms with Crippen molar-refractivity contribution in [1.82, 2.24) is 9.97 Å². The summed E-state index contributed by atoms with van der Waals surface area (Å²) >= 11 is 0. The van der Waals surface area contributed by atoms with Crippen LogP contribution in [0.1, 0.15) is 16.1 Å². The van der Waals surface area contributed by atoms with Crippen LogP contribution in [0.15, 0.2) is 97.2 Å². The number of hydrogen-bond donors (Lipinski definition) is 2. The molecule has 0 aliphatic heterocycles. The number of carbonyl (C=O) groups is 1. The molecule has 0 aliphatic carbocycles. The van der Waals surface area contributed by atoms with Crippen LogP contribution < -0.4 is 15.4 Å². The van der Waals surface area contributed by atoms with Crippen molar-refractivity contribution < 1.29 is 9.53 Å². The second kappa shape index (κ2) is 9.34. The van der Waals surface area contributed by atoms with Gasteiger partial charge in [-0.3, -0.25) is 4.79 Å². The molecular weight excluding hydrogens is 376 g/mol. The normalized spacial score (nSPS) is 10.3. The molecule has 2 N–H and O–H groups in total. The summed E-state index contributed by atoms with van der Waals surface area (Å²) < 4.78 is 5.90. The highest BCUT2D eigenvalue weighted by molar-refractivity contribution is 6.03. The second-order valence-electron chi connectivity index (χ2n) is 6.47. The van der Waals surface area contributed by atoms with E-state index in [4.69, 9.17) is 4.74 Å². The number of anilines is 2. The molecule has 4 rings (SSSR count). The van der Waals surface area contributed by atoms with Crippen LogP contribution in [0.3, 0.4) is 0 Å². The molecule has 0 spiro atoms. The molecule has 1 amide bonds. The number of aromatic nitrogens is 2. The van der Waals surface area contributed by atoms with Crippen molar-refractivity contribution in [2.45, 2.75) is 6.54 Å². The van der Waals surface area contributed by atoms with E-state index in [0.717, 1.165) is 5.56 Å². The van der Waals surface area contributed by atoms with E-state index in [1.807, 2.05) is 72.8 Å².